The van der Waals surface area contributed by atoms with Gasteiger partial charge in [-0.2, -0.15) is 29.8 Å². The summed E-state index contributed by atoms with van der Waals surface area (Å²) in [5.74, 6) is -1.71. The van der Waals surface area contributed by atoms with Crippen LogP contribution in [0.4, 0.5) is 0 Å². The molecule has 0 aromatic carbocycles. The van der Waals surface area contributed by atoms with E-state index in [1.165, 1.54) is 12.4 Å². The van der Waals surface area contributed by atoms with E-state index in [0.717, 1.165) is 36.1 Å². The van der Waals surface area contributed by atoms with Crippen LogP contribution in [0.3, 0.4) is 0 Å². The molecule has 0 spiro atoms. The summed E-state index contributed by atoms with van der Waals surface area (Å²) in [5.41, 5.74) is -1.78. The molecular weight excluding hydrogens is 651 g/mol. The third-order valence-electron chi connectivity index (χ3n) is 5.43. The summed E-state index contributed by atoms with van der Waals surface area (Å²) < 4.78 is 101. The smallest absolute Gasteiger partial charge is 1.00 e. The zero-order chi connectivity index (χ0) is 28.9. The van der Waals surface area contributed by atoms with Crippen LogP contribution in [-0.2, 0) is 35.1 Å². The summed E-state index contributed by atoms with van der Waals surface area (Å²) in [7, 11) is -14.3. The van der Waals surface area contributed by atoms with Gasteiger partial charge in [0.2, 0.25) is 5.71 Å². The van der Waals surface area contributed by atoms with Crippen molar-refractivity contribution in [1.82, 2.24) is 9.97 Å². The Bertz CT molecular complexity index is 1940. The Hall–Kier alpha value is -1.01. The molecule has 2 heterocycles. The third kappa shape index (κ3) is 8.58. The number of aromatic amines is 1. The average Bonchev–Trinajstić information content (AvgIpc) is 3.52. The number of amides is 2. The van der Waals surface area contributed by atoms with Crippen LogP contribution in [0.1, 0.15) is 14.9 Å². The second-order valence-corrected chi connectivity index (χ2v) is 12.3. The van der Waals surface area contributed by atoms with Crippen molar-refractivity contribution >= 4 is 59.8 Å². The van der Waals surface area contributed by atoms with Crippen LogP contribution >= 0.6 is 0 Å². The SMILES string of the molecule is C[N+](C(=O)C1=CC(=NC(=O)c2ncc[nH]2)C=N1)=C1C=C2C(=CC(S(=O)(=O)O)=CC2S(=O)(=O)O)C(S(=O)(=O)O)=C1.[H-].[H-].[H-].[Na+].[Na+].[Na+]. The summed E-state index contributed by atoms with van der Waals surface area (Å²) in [6.07, 6.45) is 7.71. The first-order valence-electron chi connectivity index (χ1n) is 10.3. The molecule has 4 N–H and O–H groups in total. The van der Waals surface area contributed by atoms with Crippen molar-refractivity contribution in [2.45, 2.75) is 5.25 Å². The Kier molecular flexibility index (Phi) is 13.4. The van der Waals surface area contributed by atoms with E-state index in [9.17, 15) is 48.5 Å². The fourth-order valence-electron chi connectivity index (χ4n) is 3.64. The Morgan fingerprint density at radius 2 is 1.62 bits per heavy atom. The summed E-state index contributed by atoms with van der Waals surface area (Å²) in [6, 6.07) is 0. The van der Waals surface area contributed by atoms with Gasteiger partial charge in [-0.25, -0.2) is 19.8 Å². The molecule has 42 heavy (non-hydrogen) atoms. The predicted octanol–water partition coefficient (Wildman–Crippen LogP) is -9.40. The minimum atomic E-state index is -5.19. The standard InChI is InChI=1S/C20H15N5O11S3.3Na.3H/c1-25(20(27)15-4-10(9-23-15)24-19(26)18-21-2-3-22-18)11-5-13-14(16(6-11)38(31,32)33)7-12(37(28,29)30)8-17(13)39(34,35)36;;;;;;/h2-9,17H,1H3,(H3-,21,22,26,28,29,30,31,32,33,34,35,36);;;;;;/q;3*+1;3*-1/p+1. The van der Waals surface area contributed by atoms with E-state index in [1.54, 1.807) is 0 Å². The van der Waals surface area contributed by atoms with Gasteiger partial charge in [0, 0.05) is 36.2 Å². The minimum absolute atomic E-state index is 0. The quantitative estimate of drug-likeness (QED) is 0.129. The maximum atomic E-state index is 13.1. The van der Waals surface area contributed by atoms with Gasteiger partial charge in [0.05, 0.1) is 16.8 Å². The van der Waals surface area contributed by atoms with Crippen molar-refractivity contribution in [3.63, 3.8) is 0 Å². The molecule has 3 aliphatic rings. The van der Waals surface area contributed by atoms with Crippen LogP contribution in [0, 0.1) is 0 Å². The predicted molar refractivity (Wildman–Crippen MR) is 137 cm³/mol. The number of aromatic nitrogens is 2. The Morgan fingerprint density at radius 3 is 2.14 bits per heavy atom. The Labute approximate surface area is 309 Å². The average molecular weight is 671 g/mol. The van der Waals surface area contributed by atoms with Crippen molar-refractivity contribution in [2.75, 3.05) is 7.05 Å². The van der Waals surface area contributed by atoms with Crippen LogP contribution in [0.15, 0.2) is 79.4 Å². The van der Waals surface area contributed by atoms with E-state index in [2.05, 4.69) is 20.0 Å². The number of hydrogen-bond acceptors (Lipinski definition) is 10. The van der Waals surface area contributed by atoms with Crippen LogP contribution in [0.2, 0.25) is 0 Å². The first-order valence-corrected chi connectivity index (χ1v) is 14.7. The van der Waals surface area contributed by atoms with Gasteiger partial charge in [-0.1, -0.05) is 0 Å². The monoisotopic (exact) mass is 670 g/mol. The molecule has 2 aliphatic carbocycles. The van der Waals surface area contributed by atoms with Crippen LogP contribution in [-0.4, -0.2) is 95.2 Å². The van der Waals surface area contributed by atoms with Gasteiger partial charge in [0.25, 0.3) is 30.4 Å². The van der Waals surface area contributed by atoms with Gasteiger partial charge in [-0.15, -0.1) is 0 Å². The molecule has 16 nitrogen and oxygen atoms in total. The van der Waals surface area contributed by atoms with Crippen LogP contribution < -0.4 is 88.7 Å². The number of carbonyl (C=O) groups is 2. The van der Waals surface area contributed by atoms with Crippen molar-refractivity contribution < 1.29 is 146 Å². The summed E-state index contributed by atoms with van der Waals surface area (Å²) in [5, 5.41) is -2.20. The second kappa shape index (κ2) is 14.4. The van der Waals surface area contributed by atoms with E-state index in [0.29, 0.717) is 12.2 Å². The molecule has 22 heteroatoms. The molecule has 2 amide bonds. The molecule has 4 rings (SSSR count). The number of imidazole rings is 1. The molecular formula is C20H19N5Na3O11S3+. The number of carbonyl (C=O) groups excluding carboxylic acids is 2. The molecule has 0 saturated heterocycles. The van der Waals surface area contributed by atoms with E-state index < -0.39 is 68.4 Å². The second-order valence-electron chi connectivity index (χ2n) is 7.98. The molecule has 0 saturated carbocycles. The van der Waals surface area contributed by atoms with E-state index in [4.69, 9.17) is 0 Å². The molecule has 0 bridgehead atoms. The van der Waals surface area contributed by atoms with Gasteiger partial charge >= 0.3 is 100 Å². The van der Waals surface area contributed by atoms with Crippen molar-refractivity contribution in [3.8, 4) is 0 Å². The number of rotatable bonds is 5. The molecule has 1 aromatic rings. The van der Waals surface area contributed by atoms with Gasteiger partial charge in [0.1, 0.15) is 17.2 Å². The first-order chi connectivity index (χ1) is 18.0. The normalized spacial score (nSPS) is 20.3. The number of fused-ring (bicyclic) bond motifs is 1. The number of allylic oxidation sites excluding steroid dienone is 5. The molecule has 210 valence electrons. The summed E-state index contributed by atoms with van der Waals surface area (Å²) >= 11 is 0. The molecule has 0 radical (unpaired) electrons. The topological polar surface area (TPSA) is 254 Å². The fraction of sp³-hybridized carbons (Fsp3) is 0.100. The van der Waals surface area contributed by atoms with Crippen molar-refractivity contribution in [2.24, 2.45) is 9.98 Å². The third-order valence-corrected chi connectivity index (χ3v) is 8.20. The number of nitrogens with one attached hydrogen (secondary N) is 1. The van der Waals surface area contributed by atoms with Crippen LogP contribution in [0.5, 0.6) is 0 Å². The minimum Gasteiger partial charge on any atom is -1.00 e. The van der Waals surface area contributed by atoms with Crippen molar-refractivity contribution in [1.29, 1.82) is 0 Å². The van der Waals surface area contributed by atoms with Gasteiger partial charge in [0.15, 0.2) is 11.5 Å². The maximum absolute atomic E-state index is 13.1. The zero-order valence-corrected chi connectivity index (χ0v) is 30.8. The maximum Gasteiger partial charge on any atom is 1.00 e. The van der Waals surface area contributed by atoms with Gasteiger partial charge < -0.3 is 9.26 Å². The zero-order valence-electron chi connectivity index (χ0n) is 25.3. The Morgan fingerprint density at radius 1 is 0.976 bits per heavy atom. The van der Waals surface area contributed by atoms with E-state index >= 15 is 0 Å². The summed E-state index contributed by atoms with van der Waals surface area (Å²) in [6.45, 7) is 0. The van der Waals surface area contributed by atoms with Crippen LogP contribution in [0.25, 0.3) is 0 Å². The number of aliphatic imine (C=N–C) groups is 2. The first kappa shape index (κ1) is 39.0. The van der Waals surface area contributed by atoms with E-state index in [1.807, 2.05) is 0 Å². The number of H-pyrrole nitrogens is 1. The molecule has 1 aliphatic heterocycles. The Balaban J connectivity index is -0.00000294. The van der Waals surface area contributed by atoms with Gasteiger partial charge in [-0.3, -0.25) is 18.5 Å². The fourth-order valence-corrected chi connectivity index (χ4v) is 5.86. The van der Waals surface area contributed by atoms with Crippen molar-refractivity contribution in [3.05, 3.63) is 75.3 Å². The number of hydrogen-bond donors (Lipinski definition) is 4. The molecule has 1 atom stereocenters. The molecule has 0 fully saturated rings. The van der Waals surface area contributed by atoms with Gasteiger partial charge in [-0.05, 0) is 17.7 Å². The molecule has 1 unspecified atom stereocenters. The summed E-state index contributed by atoms with van der Waals surface area (Å²) in [4.78, 5) is 37.0. The largest absolute Gasteiger partial charge is 1.00 e. The van der Waals surface area contributed by atoms with E-state index in [-0.39, 0.29) is 116 Å². The number of nitrogens with zero attached hydrogens (tertiary/aromatic N) is 4. The number of likely N-dealkylation sites (N-methyl/N-ethyl adjacent to an activating group) is 1. The molecule has 1 aromatic heterocycles.